The lowest BCUT2D eigenvalue weighted by Gasteiger charge is -2.23. The van der Waals surface area contributed by atoms with Crippen molar-refractivity contribution in [3.8, 4) is 6.07 Å². The topological polar surface area (TPSA) is 90.6 Å². The van der Waals surface area contributed by atoms with Crippen molar-refractivity contribution in [2.45, 2.75) is 51.7 Å². The molecule has 0 fully saturated rings. The zero-order chi connectivity index (χ0) is 17.2. The molecule has 0 saturated carbocycles. The summed E-state index contributed by atoms with van der Waals surface area (Å²) in [6, 6.07) is 6.69. The molecule has 0 aromatic heterocycles. The average Bonchev–Trinajstić information content (AvgIpc) is 2.80. The lowest BCUT2D eigenvalue weighted by molar-refractivity contribution is -0.155. The maximum absolute atomic E-state index is 11.8. The Morgan fingerprint density at radius 2 is 2.13 bits per heavy atom. The van der Waals surface area contributed by atoms with Crippen LogP contribution < -0.4 is 4.90 Å². The van der Waals surface area contributed by atoms with E-state index in [1.54, 1.807) is 39.0 Å². The van der Waals surface area contributed by atoms with Crippen LogP contribution in [0.2, 0.25) is 0 Å². The molecule has 122 valence electrons. The standard InChI is InChI=1S/C17H20N2O4/c1-17(2,3)23-15(20)7-5-13-9-12-8-11(10-18)4-6-14(12)19(13)16(21)22/h4,6,8,13H,5,7,9H2,1-3H3,(H,21,22). The molecule has 1 unspecified atom stereocenters. The Labute approximate surface area is 135 Å². The van der Waals surface area contributed by atoms with Crippen LogP contribution >= 0.6 is 0 Å². The van der Waals surface area contributed by atoms with Crippen molar-refractivity contribution in [1.82, 2.24) is 0 Å². The molecule has 1 aromatic carbocycles. The molecular formula is C17H20N2O4. The Morgan fingerprint density at radius 1 is 1.43 bits per heavy atom. The lowest BCUT2D eigenvalue weighted by Crippen LogP contribution is -2.37. The van der Waals surface area contributed by atoms with Crippen molar-refractivity contribution < 1.29 is 19.4 Å². The van der Waals surface area contributed by atoms with E-state index in [9.17, 15) is 14.7 Å². The number of anilines is 1. The molecule has 0 aliphatic carbocycles. The van der Waals surface area contributed by atoms with E-state index in [1.165, 1.54) is 4.90 Å². The highest BCUT2D eigenvalue weighted by atomic mass is 16.6. The van der Waals surface area contributed by atoms with Gasteiger partial charge in [0.15, 0.2) is 0 Å². The quantitative estimate of drug-likeness (QED) is 0.865. The van der Waals surface area contributed by atoms with Crippen LogP contribution in [-0.4, -0.2) is 28.8 Å². The molecule has 1 atom stereocenters. The number of carboxylic acid groups (broad SMARTS) is 1. The Balaban J connectivity index is 2.10. The maximum Gasteiger partial charge on any atom is 0.412 e. The summed E-state index contributed by atoms with van der Waals surface area (Å²) in [7, 11) is 0. The summed E-state index contributed by atoms with van der Waals surface area (Å²) in [6.07, 6.45) is -0.00891. The van der Waals surface area contributed by atoms with E-state index >= 15 is 0 Å². The van der Waals surface area contributed by atoms with Gasteiger partial charge in [0.25, 0.3) is 0 Å². The predicted molar refractivity (Wildman–Crippen MR) is 84.2 cm³/mol. The van der Waals surface area contributed by atoms with Gasteiger partial charge in [0.05, 0.1) is 17.3 Å². The van der Waals surface area contributed by atoms with E-state index in [4.69, 9.17) is 10.00 Å². The van der Waals surface area contributed by atoms with Gasteiger partial charge in [-0.3, -0.25) is 9.69 Å². The van der Waals surface area contributed by atoms with Gasteiger partial charge in [0.2, 0.25) is 0 Å². The third kappa shape index (κ3) is 4.01. The summed E-state index contributed by atoms with van der Waals surface area (Å²) in [5.41, 5.74) is 1.36. The molecular weight excluding hydrogens is 296 g/mol. The van der Waals surface area contributed by atoms with E-state index in [0.717, 1.165) is 5.56 Å². The number of nitriles is 1. The van der Waals surface area contributed by atoms with Crippen molar-refractivity contribution in [2.24, 2.45) is 0 Å². The number of rotatable bonds is 3. The van der Waals surface area contributed by atoms with Crippen LogP contribution in [-0.2, 0) is 16.0 Å². The van der Waals surface area contributed by atoms with E-state index in [0.29, 0.717) is 24.1 Å². The smallest absolute Gasteiger partial charge is 0.412 e. The summed E-state index contributed by atoms with van der Waals surface area (Å²) in [5.74, 6) is -0.337. The number of nitrogens with zero attached hydrogens (tertiary/aromatic N) is 2. The second-order valence-electron chi connectivity index (χ2n) is 6.59. The van der Waals surface area contributed by atoms with E-state index < -0.39 is 11.7 Å². The Kier molecular flexibility index (Phi) is 4.60. The fraction of sp³-hybridized carbons (Fsp3) is 0.471. The first-order chi connectivity index (χ1) is 10.7. The number of carbonyl (C=O) groups excluding carboxylic acids is 1. The molecule has 0 radical (unpaired) electrons. The molecule has 1 N–H and O–H groups in total. The highest BCUT2D eigenvalue weighted by molar-refractivity contribution is 5.90. The normalized spacial score (nSPS) is 16.6. The number of esters is 1. The van der Waals surface area contributed by atoms with Crippen molar-refractivity contribution in [1.29, 1.82) is 5.26 Å². The van der Waals surface area contributed by atoms with Crippen molar-refractivity contribution >= 4 is 17.7 Å². The molecule has 6 nitrogen and oxygen atoms in total. The summed E-state index contributed by atoms with van der Waals surface area (Å²) < 4.78 is 5.26. The van der Waals surface area contributed by atoms with Crippen LogP contribution in [0.15, 0.2) is 18.2 Å². The van der Waals surface area contributed by atoms with E-state index in [2.05, 4.69) is 6.07 Å². The molecule has 6 heteroatoms. The monoisotopic (exact) mass is 316 g/mol. The van der Waals surface area contributed by atoms with Gasteiger partial charge in [0, 0.05) is 12.5 Å². The maximum atomic E-state index is 11.8. The third-order valence-electron chi connectivity index (χ3n) is 3.60. The van der Waals surface area contributed by atoms with Crippen LogP contribution in [0.25, 0.3) is 0 Å². The Bertz CT molecular complexity index is 670. The number of carbonyl (C=O) groups is 2. The van der Waals surface area contributed by atoms with Gasteiger partial charge >= 0.3 is 12.1 Å². The van der Waals surface area contributed by atoms with Crippen LogP contribution in [0.4, 0.5) is 10.5 Å². The number of fused-ring (bicyclic) bond motifs is 1. The van der Waals surface area contributed by atoms with Gasteiger partial charge in [-0.1, -0.05) is 0 Å². The van der Waals surface area contributed by atoms with Crippen LogP contribution in [0, 0.1) is 11.3 Å². The Morgan fingerprint density at radius 3 is 2.70 bits per heavy atom. The highest BCUT2D eigenvalue weighted by Crippen LogP contribution is 2.34. The number of benzene rings is 1. The van der Waals surface area contributed by atoms with Crippen LogP contribution in [0.5, 0.6) is 0 Å². The van der Waals surface area contributed by atoms with Gasteiger partial charge in [-0.15, -0.1) is 0 Å². The molecule has 1 heterocycles. The first kappa shape index (κ1) is 16.8. The zero-order valence-corrected chi connectivity index (χ0v) is 13.5. The number of hydrogen-bond acceptors (Lipinski definition) is 4. The number of hydrogen-bond donors (Lipinski definition) is 1. The van der Waals surface area contributed by atoms with Crippen molar-refractivity contribution in [3.05, 3.63) is 29.3 Å². The molecule has 1 aliphatic heterocycles. The van der Waals surface area contributed by atoms with E-state index in [1.807, 2.05) is 0 Å². The summed E-state index contributed by atoms with van der Waals surface area (Å²) in [5, 5.41) is 18.4. The summed E-state index contributed by atoms with van der Waals surface area (Å²) in [4.78, 5) is 24.7. The predicted octanol–water partition coefficient (Wildman–Crippen LogP) is 3.09. The minimum absolute atomic E-state index is 0.158. The van der Waals surface area contributed by atoms with E-state index in [-0.39, 0.29) is 18.4 Å². The first-order valence-corrected chi connectivity index (χ1v) is 7.48. The fourth-order valence-corrected chi connectivity index (χ4v) is 2.76. The molecule has 1 amide bonds. The first-order valence-electron chi connectivity index (χ1n) is 7.48. The molecule has 0 bridgehead atoms. The van der Waals surface area contributed by atoms with Crippen LogP contribution in [0.3, 0.4) is 0 Å². The van der Waals surface area contributed by atoms with Gasteiger partial charge in [-0.05, 0) is 57.4 Å². The molecule has 0 spiro atoms. The fourth-order valence-electron chi connectivity index (χ4n) is 2.76. The number of amides is 1. The molecule has 1 aromatic rings. The molecule has 23 heavy (non-hydrogen) atoms. The minimum Gasteiger partial charge on any atom is -0.465 e. The largest absolute Gasteiger partial charge is 0.465 e. The molecule has 1 aliphatic rings. The summed E-state index contributed by atoms with van der Waals surface area (Å²) >= 11 is 0. The van der Waals surface area contributed by atoms with Gasteiger partial charge in [0.1, 0.15) is 5.60 Å². The van der Waals surface area contributed by atoms with Crippen LogP contribution in [0.1, 0.15) is 44.7 Å². The SMILES string of the molecule is CC(C)(C)OC(=O)CCC1Cc2cc(C#N)ccc2N1C(=O)O. The van der Waals surface area contributed by atoms with Crippen molar-refractivity contribution in [3.63, 3.8) is 0 Å². The lowest BCUT2D eigenvalue weighted by atomic mass is 10.0. The summed E-state index contributed by atoms with van der Waals surface area (Å²) in [6.45, 7) is 5.38. The zero-order valence-electron chi connectivity index (χ0n) is 13.5. The van der Waals surface area contributed by atoms with Gasteiger partial charge in [-0.25, -0.2) is 4.79 Å². The molecule has 2 rings (SSSR count). The second kappa shape index (κ2) is 6.29. The Hall–Kier alpha value is -2.55. The number of ether oxygens (including phenoxy) is 1. The average molecular weight is 316 g/mol. The molecule has 0 saturated heterocycles. The third-order valence-corrected chi connectivity index (χ3v) is 3.60. The van der Waals surface area contributed by atoms with Crippen molar-refractivity contribution in [2.75, 3.05) is 4.90 Å². The van der Waals surface area contributed by atoms with Gasteiger partial charge in [-0.2, -0.15) is 5.26 Å². The van der Waals surface area contributed by atoms with Gasteiger partial charge < -0.3 is 9.84 Å². The second-order valence-corrected chi connectivity index (χ2v) is 6.59. The minimum atomic E-state index is -1.05. The highest BCUT2D eigenvalue weighted by Gasteiger charge is 2.34.